The first kappa shape index (κ1) is 11.0. The van der Waals surface area contributed by atoms with Gasteiger partial charge in [0.05, 0.1) is 0 Å². The fourth-order valence-corrected chi connectivity index (χ4v) is 2.10. The maximum Gasteiger partial charge on any atom is 0.212 e. The highest BCUT2D eigenvalue weighted by atomic mass is 32.1. The van der Waals surface area contributed by atoms with E-state index in [2.05, 4.69) is 4.98 Å². The minimum atomic E-state index is -0.0420. The number of hydrogen-bond acceptors (Lipinski definition) is 4. The van der Waals surface area contributed by atoms with Gasteiger partial charge < -0.3 is 5.73 Å². The Balaban J connectivity index is 2.31. The van der Waals surface area contributed by atoms with Crippen LogP contribution in [0.15, 0.2) is 29.6 Å². The van der Waals surface area contributed by atoms with Crippen LogP contribution in [0.4, 0.5) is 0 Å². The number of ketones is 1. The number of hydrogen-bond donors (Lipinski definition) is 1. The van der Waals surface area contributed by atoms with Gasteiger partial charge in [-0.15, -0.1) is 11.3 Å². The summed E-state index contributed by atoms with van der Waals surface area (Å²) in [6.45, 7) is 2.34. The highest BCUT2D eigenvalue weighted by Gasteiger charge is 2.12. The molecule has 0 spiro atoms. The van der Waals surface area contributed by atoms with Crippen LogP contribution in [0, 0.1) is 6.92 Å². The number of carbonyl (C=O) groups excluding carboxylic acids is 1. The van der Waals surface area contributed by atoms with Gasteiger partial charge in [-0.2, -0.15) is 0 Å². The molecule has 2 aromatic rings. The van der Waals surface area contributed by atoms with E-state index < -0.39 is 0 Å². The quantitative estimate of drug-likeness (QED) is 0.825. The number of nitrogens with zero attached hydrogens (tertiary/aromatic N) is 1. The third kappa shape index (κ3) is 2.18. The van der Waals surface area contributed by atoms with Crippen LogP contribution in [0.5, 0.6) is 0 Å². The molecule has 1 aromatic heterocycles. The zero-order valence-corrected chi connectivity index (χ0v) is 9.75. The van der Waals surface area contributed by atoms with E-state index in [0.717, 1.165) is 10.6 Å². The highest BCUT2D eigenvalue weighted by molar-refractivity contribution is 7.09. The van der Waals surface area contributed by atoms with Gasteiger partial charge in [-0.3, -0.25) is 4.79 Å². The molecule has 0 aliphatic carbocycles. The number of benzene rings is 1. The van der Waals surface area contributed by atoms with Gasteiger partial charge in [0.15, 0.2) is 0 Å². The zero-order valence-electron chi connectivity index (χ0n) is 8.93. The summed E-state index contributed by atoms with van der Waals surface area (Å²) in [4.78, 5) is 16.2. The number of nitrogens with two attached hydrogens (primary N) is 1. The molecular weight excluding hydrogens is 220 g/mol. The van der Waals surface area contributed by atoms with Gasteiger partial charge in [0.2, 0.25) is 5.78 Å². The predicted octanol–water partition coefficient (Wildman–Crippen LogP) is 2.14. The summed E-state index contributed by atoms with van der Waals surface area (Å²) in [5.41, 5.74) is 7.69. The average Bonchev–Trinajstić information content (AvgIpc) is 2.76. The maximum atomic E-state index is 12.0. The van der Waals surface area contributed by atoms with Crippen LogP contribution in [0.1, 0.15) is 26.6 Å². The fraction of sp³-hybridized carbons (Fsp3) is 0.167. The Bertz CT molecular complexity index is 519. The molecule has 0 saturated heterocycles. The number of rotatable bonds is 3. The predicted molar refractivity (Wildman–Crippen MR) is 64.6 cm³/mol. The van der Waals surface area contributed by atoms with Crippen molar-refractivity contribution < 1.29 is 4.79 Å². The molecule has 0 atom stereocenters. The summed E-state index contributed by atoms with van der Waals surface area (Å²) < 4.78 is 0. The van der Waals surface area contributed by atoms with Crippen molar-refractivity contribution in [3.05, 3.63) is 51.5 Å². The second kappa shape index (κ2) is 4.55. The monoisotopic (exact) mass is 232 g/mol. The minimum absolute atomic E-state index is 0.0420. The topological polar surface area (TPSA) is 56.0 Å². The second-order valence-corrected chi connectivity index (χ2v) is 4.47. The summed E-state index contributed by atoms with van der Waals surface area (Å²) in [6, 6.07) is 7.50. The molecule has 0 aliphatic heterocycles. The van der Waals surface area contributed by atoms with E-state index in [1.54, 1.807) is 11.4 Å². The molecule has 0 unspecified atom stereocenters. The summed E-state index contributed by atoms with van der Waals surface area (Å²) >= 11 is 1.42. The molecule has 0 fully saturated rings. The number of carbonyl (C=O) groups is 1. The van der Waals surface area contributed by atoms with E-state index in [1.165, 1.54) is 11.3 Å². The van der Waals surface area contributed by atoms with Crippen molar-refractivity contribution in [2.45, 2.75) is 13.5 Å². The fourth-order valence-electron chi connectivity index (χ4n) is 1.44. The number of aryl methyl sites for hydroxylation is 1. The average molecular weight is 232 g/mol. The van der Waals surface area contributed by atoms with Crippen molar-refractivity contribution in [2.75, 3.05) is 0 Å². The van der Waals surface area contributed by atoms with E-state index in [0.29, 0.717) is 17.8 Å². The first-order valence-corrected chi connectivity index (χ1v) is 5.84. The highest BCUT2D eigenvalue weighted by Crippen LogP contribution is 2.14. The first-order valence-electron chi connectivity index (χ1n) is 4.96. The molecule has 82 valence electrons. The lowest BCUT2D eigenvalue weighted by Gasteiger charge is -1.98. The normalized spacial score (nSPS) is 10.4. The van der Waals surface area contributed by atoms with E-state index in [-0.39, 0.29) is 5.78 Å². The molecule has 2 rings (SSSR count). The molecule has 3 nitrogen and oxygen atoms in total. The molecule has 0 radical (unpaired) electrons. The van der Waals surface area contributed by atoms with E-state index >= 15 is 0 Å². The van der Waals surface area contributed by atoms with E-state index in [4.69, 9.17) is 5.73 Å². The molecule has 16 heavy (non-hydrogen) atoms. The molecular formula is C12H12N2OS. The Morgan fingerprint density at radius 1 is 1.50 bits per heavy atom. The maximum absolute atomic E-state index is 12.0. The SMILES string of the molecule is Cc1cccc(C(=O)c2csc(CN)n2)c1. The number of aromatic nitrogens is 1. The Morgan fingerprint density at radius 2 is 2.31 bits per heavy atom. The van der Waals surface area contributed by atoms with Crippen LogP contribution in [-0.2, 0) is 6.54 Å². The largest absolute Gasteiger partial charge is 0.325 e. The van der Waals surface area contributed by atoms with Crippen molar-refractivity contribution in [2.24, 2.45) is 5.73 Å². The Hall–Kier alpha value is -1.52. The van der Waals surface area contributed by atoms with Crippen molar-refractivity contribution in [3.8, 4) is 0 Å². The summed E-state index contributed by atoms with van der Waals surface area (Å²) in [7, 11) is 0. The molecule has 2 N–H and O–H groups in total. The van der Waals surface area contributed by atoms with Gasteiger partial charge in [-0.25, -0.2) is 4.98 Å². The van der Waals surface area contributed by atoms with Crippen molar-refractivity contribution in [3.63, 3.8) is 0 Å². The summed E-state index contributed by atoms with van der Waals surface area (Å²) in [6.07, 6.45) is 0. The number of thiazole rings is 1. The summed E-state index contributed by atoms with van der Waals surface area (Å²) in [5.74, 6) is -0.0420. The Morgan fingerprint density at radius 3 is 2.94 bits per heavy atom. The molecule has 0 aliphatic rings. The lowest BCUT2D eigenvalue weighted by molar-refractivity contribution is 0.103. The summed E-state index contributed by atoms with van der Waals surface area (Å²) in [5, 5.41) is 2.54. The minimum Gasteiger partial charge on any atom is -0.325 e. The van der Waals surface area contributed by atoms with Gasteiger partial charge in [0.25, 0.3) is 0 Å². The van der Waals surface area contributed by atoms with Crippen LogP contribution in [0.25, 0.3) is 0 Å². The van der Waals surface area contributed by atoms with Gasteiger partial charge >= 0.3 is 0 Å². The Kier molecular flexibility index (Phi) is 3.12. The van der Waals surface area contributed by atoms with Gasteiger partial charge in [0, 0.05) is 17.5 Å². The van der Waals surface area contributed by atoms with Crippen LogP contribution < -0.4 is 5.73 Å². The molecule has 4 heteroatoms. The lowest BCUT2D eigenvalue weighted by Crippen LogP contribution is -2.03. The van der Waals surface area contributed by atoms with Crippen LogP contribution in [0.2, 0.25) is 0 Å². The van der Waals surface area contributed by atoms with Crippen LogP contribution in [-0.4, -0.2) is 10.8 Å². The van der Waals surface area contributed by atoms with E-state index in [9.17, 15) is 4.79 Å². The van der Waals surface area contributed by atoms with E-state index in [1.807, 2.05) is 25.1 Å². The second-order valence-electron chi connectivity index (χ2n) is 3.53. The van der Waals surface area contributed by atoms with Crippen LogP contribution >= 0.6 is 11.3 Å². The Labute approximate surface area is 97.9 Å². The van der Waals surface area contributed by atoms with Crippen molar-refractivity contribution in [1.82, 2.24) is 4.98 Å². The van der Waals surface area contributed by atoms with Gasteiger partial charge in [0.1, 0.15) is 10.7 Å². The first-order chi connectivity index (χ1) is 7.70. The third-order valence-corrected chi connectivity index (χ3v) is 3.11. The molecule has 0 saturated carbocycles. The lowest BCUT2D eigenvalue weighted by atomic mass is 10.1. The third-order valence-electron chi connectivity index (χ3n) is 2.24. The van der Waals surface area contributed by atoms with Crippen LogP contribution in [0.3, 0.4) is 0 Å². The standard InChI is InChI=1S/C12H12N2OS/c1-8-3-2-4-9(5-8)12(15)10-7-16-11(6-13)14-10/h2-5,7H,6,13H2,1H3. The smallest absolute Gasteiger partial charge is 0.212 e. The molecule has 1 aromatic carbocycles. The molecule has 0 bridgehead atoms. The molecule has 0 amide bonds. The van der Waals surface area contributed by atoms with Crippen molar-refractivity contribution in [1.29, 1.82) is 0 Å². The zero-order chi connectivity index (χ0) is 11.5. The van der Waals surface area contributed by atoms with Gasteiger partial charge in [-0.1, -0.05) is 23.8 Å². The van der Waals surface area contributed by atoms with Crippen molar-refractivity contribution >= 4 is 17.1 Å². The molecule has 1 heterocycles. The van der Waals surface area contributed by atoms with Gasteiger partial charge in [-0.05, 0) is 13.0 Å².